The van der Waals surface area contributed by atoms with Crippen LogP contribution in [0.4, 0.5) is 5.69 Å². The molecule has 0 atom stereocenters. The number of hydrogen-bond donors (Lipinski definition) is 1. The van der Waals surface area contributed by atoms with Gasteiger partial charge in [0.15, 0.2) is 0 Å². The van der Waals surface area contributed by atoms with Gasteiger partial charge in [-0.05, 0) is 24.6 Å². The fourth-order valence-corrected chi connectivity index (χ4v) is 1.90. The van der Waals surface area contributed by atoms with Gasteiger partial charge in [0.25, 0.3) is 0 Å². The number of halogens is 2. The molecule has 14 heavy (non-hydrogen) atoms. The number of hydrogen-bond acceptors (Lipinski definition) is 1. The Bertz CT molecular complexity index is 376. The van der Waals surface area contributed by atoms with E-state index in [1.807, 2.05) is 17.0 Å². The van der Waals surface area contributed by atoms with Gasteiger partial charge >= 0.3 is 0 Å². The molecule has 0 bridgehead atoms. The van der Waals surface area contributed by atoms with Gasteiger partial charge in [0.05, 0.1) is 10.0 Å². The van der Waals surface area contributed by atoms with Crippen molar-refractivity contribution in [3.8, 4) is 0 Å². The molecular weight excluding hydrogens is 219 g/mol. The number of benzene rings is 1. The second-order valence-corrected chi connectivity index (χ2v) is 4.11. The number of nitrogens with zero attached hydrogens (tertiary/aromatic N) is 1. The zero-order valence-electron chi connectivity index (χ0n) is 7.56. The van der Waals surface area contributed by atoms with E-state index >= 15 is 0 Å². The van der Waals surface area contributed by atoms with Crippen molar-refractivity contribution in [2.75, 3.05) is 11.4 Å². The minimum Gasteiger partial charge on any atom is -0.330 e. The summed E-state index contributed by atoms with van der Waals surface area (Å²) in [5, 5.41) is 8.82. The van der Waals surface area contributed by atoms with E-state index in [0.29, 0.717) is 15.9 Å². The molecule has 0 unspecified atom stereocenters. The van der Waals surface area contributed by atoms with Crippen LogP contribution in [-0.2, 0) is 0 Å². The van der Waals surface area contributed by atoms with Crippen LogP contribution in [0.5, 0.6) is 0 Å². The van der Waals surface area contributed by atoms with E-state index in [9.17, 15) is 0 Å². The molecule has 1 heterocycles. The Morgan fingerprint density at radius 2 is 2.00 bits per heavy atom. The Labute approximate surface area is 92.9 Å². The standard InChI is InChI=1S/C10H10Cl2N2/c11-8-4-3-7(6-9(8)12)14-5-1-2-10(14)13/h3-4,6,13H,1-2,5H2. The Balaban J connectivity index is 2.32. The molecule has 1 aromatic carbocycles. The van der Waals surface area contributed by atoms with Crippen LogP contribution in [0.25, 0.3) is 0 Å². The molecule has 0 aliphatic carbocycles. The van der Waals surface area contributed by atoms with Crippen molar-refractivity contribution in [1.29, 1.82) is 5.41 Å². The summed E-state index contributed by atoms with van der Waals surface area (Å²) in [4.78, 5) is 1.96. The molecule has 1 N–H and O–H groups in total. The molecule has 0 saturated carbocycles. The van der Waals surface area contributed by atoms with Crippen molar-refractivity contribution in [3.05, 3.63) is 28.2 Å². The predicted octanol–water partition coefficient (Wildman–Crippen LogP) is 3.57. The van der Waals surface area contributed by atoms with E-state index in [4.69, 9.17) is 28.6 Å². The largest absolute Gasteiger partial charge is 0.330 e. The topological polar surface area (TPSA) is 27.1 Å². The van der Waals surface area contributed by atoms with Crippen LogP contribution in [0.2, 0.25) is 10.0 Å². The average Bonchev–Trinajstić information content (AvgIpc) is 2.57. The molecule has 74 valence electrons. The first-order valence-electron chi connectivity index (χ1n) is 4.48. The summed E-state index contributed by atoms with van der Waals surface area (Å²) < 4.78 is 0. The molecule has 1 aromatic rings. The molecule has 1 aliphatic rings. The molecule has 0 spiro atoms. The molecule has 0 aromatic heterocycles. The molecule has 1 fully saturated rings. The zero-order chi connectivity index (χ0) is 10.1. The maximum Gasteiger partial charge on any atom is 0.100 e. The fraction of sp³-hybridized carbons (Fsp3) is 0.300. The monoisotopic (exact) mass is 228 g/mol. The first-order valence-corrected chi connectivity index (χ1v) is 5.24. The summed E-state index contributed by atoms with van der Waals surface area (Å²) in [6.45, 7) is 0.900. The smallest absolute Gasteiger partial charge is 0.100 e. The lowest BCUT2D eigenvalue weighted by Gasteiger charge is -2.18. The number of anilines is 1. The lowest BCUT2D eigenvalue weighted by atomic mass is 10.3. The van der Waals surface area contributed by atoms with E-state index in [0.717, 1.165) is 25.1 Å². The first-order chi connectivity index (χ1) is 6.68. The number of nitrogens with one attached hydrogen (secondary N) is 1. The molecule has 1 aliphatic heterocycles. The van der Waals surface area contributed by atoms with Gasteiger partial charge in [-0.25, -0.2) is 0 Å². The highest BCUT2D eigenvalue weighted by molar-refractivity contribution is 6.42. The highest BCUT2D eigenvalue weighted by Crippen LogP contribution is 2.29. The van der Waals surface area contributed by atoms with Crippen molar-refractivity contribution >= 4 is 34.7 Å². The minimum atomic E-state index is 0.545. The quantitative estimate of drug-likeness (QED) is 0.782. The highest BCUT2D eigenvalue weighted by Gasteiger charge is 2.18. The van der Waals surface area contributed by atoms with Gasteiger partial charge in [-0.1, -0.05) is 23.2 Å². The van der Waals surface area contributed by atoms with Crippen LogP contribution in [-0.4, -0.2) is 12.4 Å². The van der Waals surface area contributed by atoms with Gasteiger partial charge in [-0.2, -0.15) is 0 Å². The molecular formula is C10H10Cl2N2. The van der Waals surface area contributed by atoms with Gasteiger partial charge < -0.3 is 4.90 Å². The summed E-state index contributed by atoms with van der Waals surface area (Å²) in [7, 11) is 0. The van der Waals surface area contributed by atoms with Crippen LogP contribution in [0.3, 0.4) is 0 Å². The van der Waals surface area contributed by atoms with Gasteiger partial charge in [0.1, 0.15) is 5.84 Å². The van der Waals surface area contributed by atoms with Crippen molar-refractivity contribution in [3.63, 3.8) is 0 Å². The molecule has 2 rings (SSSR count). The molecule has 2 nitrogen and oxygen atoms in total. The first kappa shape index (κ1) is 9.81. The van der Waals surface area contributed by atoms with Crippen molar-refractivity contribution in [1.82, 2.24) is 0 Å². The molecule has 4 heteroatoms. The van der Waals surface area contributed by atoms with Gasteiger partial charge in [0.2, 0.25) is 0 Å². The lowest BCUT2D eigenvalue weighted by Crippen LogP contribution is -2.22. The Kier molecular flexibility index (Phi) is 2.66. The van der Waals surface area contributed by atoms with Crippen LogP contribution >= 0.6 is 23.2 Å². The van der Waals surface area contributed by atoms with E-state index < -0.39 is 0 Å². The molecule has 1 saturated heterocycles. The minimum absolute atomic E-state index is 0.545. The van der Waals surface area contributed by atoms with Crippen LogP contribution in [0.1, 0.15) is 12.8 Å². The highest BCUT2D eigenvalue weighted by atomic mass is 35.5. The Hall–Kier alpha value is -0.730. The van der Waals surface area contributed by atoms with Crippen LogP contribution in [0.15, 0.2) is 18.2 Å². The Morgan fingerprint density at radius 3 is 2.57 bits per heavy atom. The second kappa shape index (κ2) is 3.79. The second-order valence-electron chi connectivity index (χ2n) is 3.30. The lowest BCUT2D eigenvalue weighted by molar-refractivity contribution is 0.956. The predicted molar refractivity (Wildman–Crippen MR) is 60.8 cm³/mol. The van der Waals surface area contributed by atoms with Crippen molar-refractivity contribution in [2.45, 2.75) is 12.8 Å². The maximum atomic E-state index is 7.72. The third-order valence-corrected chi connectivity index (χ3v) is 3.08. The maximum absolute atomic E-state index is 7.72. The fourth-order valence-electron chi connectivity index (χ4n) is 1.61. The zero-order valence-corrected chi connectivity index (χ0v) is 9.07. The normalized spacial score (nSPS) is 16.4. The molecule has 0 radical (unpaired) electrons. The van der Waals surface area contributed by atoms with E-state index in [1.165, 1.54) is 0 Å². The summed E-state index contributed by atoms with van der Waals surface area (Å²) in [5.74, 6) is 0.656. The summed E-state index contributed by atoms with van der Waals surface area (Å²) >= 11 is 11.7. The van der Waals surface area contributed by atoms with Crippen molar-refractivity contribution < 1.29 is 0 Å². The van der Waals surface area contributed by atoms with Crippen LogP contribution < -0.4 is 4.90 Å². The molecule has 0 amide bonds. The third-order valence-electron chi connectivity index (χ3n) is 2.34. The summed E-state index contributed by atoms with van der Waals surface area (Å²) in [6, 6.07) is 5.47. The SMILES string of the molecule is N=C1CCCN1c1ccc(Cl)c(Cl)c1. The van der Waals surface area contributed by atoms with E-state index in [1.54, 1.807) is 6.07 Å². The third kappa shape index (κ3) is 1.72. The van der Waals surface area contributed by atoms with Gasteiger partial charge in [-0.3, -0.25) is 5.41 Å². The van der Waals surface area contributed by atoms with Crippen molar-refractivity contribution in [2.24, 2.45) is 0 Å². The Morgan fingerprint density at radius 1 is 1.21 bits per heavy atom. The number of rotatable bonds is 1. The van der Waals surface area contributed by atoms with Crippen LogP contribution in [0, 0.1) is 5.41 Å². The average molecular weight is 229 g/mol. The summed E-state index contributed by atoms with van der Waals surface area (Å²) in [6.07, 6.45) is 1.89. The number of amidine groups is 1. The van der Waals surface area contributed by atoms with Gasteiger partial charge in [-0.15, -0.1) is 0 Å². The summed E-state index contributed by atoms with van der Waals surface area (Å²) in [5.41, 5.74) is 0.960. The van der Waals surface area contributed by atoms with E-state index in [-0.39, 0.29) is 0 Å². The van der Waals surface area contributed by atoms with Gasteiger partial charge in [0, 0.05) is 18.7 Å². The van der Waals surface area contributed by atoms with E-state index in [2.05, 4.69) is 0 Å².